The van der Waals surface area contributed by atoms with Crippen molar-refractivity contribution in [2.45, 2.75) is 57.3 Å². The molecular weight excluding hydrogens is 296 g/mol. The highest BCUT2D eigenvalue weighted by Crippen LogP contribution is 2.32. The van der Waals surface area contributed by atoms with Crippen molar-refractivity contribution >= 4 is 6.09 Å². The number of ether oxygens (including phenoxy) is 3. The van der Waals surface area contributed by atoms with Gasteiger partial charge in [0.15, 0.2) is 0 Å². The number of nitrogens with zero attached hydrogens (tertiary/aromatic N) is 1. The minimum absolute atomic E-state index is 0.0594. The fraction of sp³-hybridized carbons (Fsp3) is 0.941. The number of alkyl carbamates (subject to hydrolysis) is 1. The van der Waals surface area contributed by atoms with Crippen LogP contribution in [-0.4, -0.2) is 67.7 Å². The Morgan fingerprint density at radius 3 is 2.78 bits per heavy atom. The van der Waals surface area contributed by atoms with Gasteiger partial charge in [0.05, 0.1) is 13.2 Å². The molecule has 1 N–H and O–H groups in total. The van der Waals surface area contributed by atoms with Crippen LogP contribution in [0, 0.1) is 5.92 Å². The molecule has 3 fully saturated rings. The lowest BCUT2D eigenvalue weighted by molar-refractivity contribution is -0.113. The Morgan fingerprint density at radius 2 is 2.13 bits per heavy atom. The summed E-state index contributed by atoms with van der Waals surface area (Å²) < 4.78 is 16.8. The largest absolute Gasteiger partial charge is 0.444 e. The Balaban J connectivity index is 1.36. The van der Waals surface area contributed by atoms with Gasteiger partial charge in [-0.05, 0) is 39.5 Å². The molecule has 1 aliphatic carbocycles. The van der Waals surface area contributed by atoms with Crippen LogP contribution in [0.15, 0.2) is 0 Å². The number of amides is 1. The van der Waals surface area contributed by atoms with E-state index in [1.165, 1.54) is 0 Å². The van der Waals surface area contributed by atoms with Gasteiger partial charge in [0.2, 0.25) is 0 Å². The number of morpholine rings is 1. The van der Waals surface area contributed by atoms with Crippen molar-refractivity contribution in [2.24, 2.45) is 5.92 Å². The van der Waals surface area contributed by atoms with Crippen molar-refractivity contribution in [2.75, 3.05) is 39.5 Å². The molecule has 3 rings (SSSR count). The molecule has 0 aromatic carbocycles. The molecule has 3 aliphatic rings. The minimum Gasteiger partial charge on any atom is -0.444 e. The van der Waals surface area contributed by atoms with Crippen molar-refractivity contribution in [3.8, 4) is 0 Å². The molecule has 2 aliphatic heterocycles. The van der Waals surface area contributed by atoms with Gasteiger partial charge in [-0.15, -0.1) is 0 Å². The first-order valence-electron chi connectivity index (χ1n) is 8.77. The maximum atomic E-state index is 11.8. The van der Waals surface area contributed by atoms with Gasteiger partial charge < -0.3 is 19.5 Å². The van der Waals surface area contributed by atoms with Gasteiger partial charge in [0.1, 0.15) is 11.2 Å². The van der Waals surface area contributed by atoms with Crippen LogP contribution in [0.4, 0.5) is 4.79 Å². The first-order valence-corrected chi connectivity index (χ1v) is 8.77. The van der Waals surface area contributed by atoms with E-state index in [1.807, 2.05) is 20.8 Å². The Morgan fingerprint density at radius 1 is 1.35 bits per heavy atom. The highest BCUT2D eigenvalue weighted by molar-refractivity contribution is 5.68. The summed E-state index contributed by atoms with van der Waals surface area (Å²) in [6, 6.07) is 0.264. The molecule has 1 unspecified atom stereocenters. The molecule has 132 valence electrons. The van der Waals surface area contributed by atoms with Gasteiger partial charge in [0, 0.05) is 38.7 Å². The number of hydrogen-bond donors (Lipinski definition) is 1. The quantitative estimate of drug-likeness (QED) is 0.857. The van der Waals surface area contributed by atoms with Crippen LogP contribution in [-0.2, 0) is 14.2 Å². The summed E-state index contributed by atoms with van der Waals surface area (Å²) in [6.07, 6.45) is 2.80. The minimum atomic E-state index is -0.432. The van der Waals surface area contributed by atoms with Crippen LogP contribution >= 0.6 is 0 Å². The highest BCUT2D eigenvalue weighted by atomic mass is 16.6. The fourth-order valence-electron chi connectivity index (χ4n) is 3.75. The smallest absolute Gasteiger partial charge is 0.407 e. The third-order valence-electron chi connectivity index (χ3n) is 4.87. The topological polar surface area (TPSA) is 60.0 Å². The first-order chi connectivity index (χ1) is 10.8. The van der Waals surface area contributed by atoms with E-state index in [-0.39, 0.29) is 17.7 Å². The molecule has 1 saturated carbocycles. The van der Waals surface area contributed by atoms with Gasteiger partial charge in [-0.3, -0.25) is 4.90 Å². The van der Waals surface area contributed by atoms with Crippen LogP contribution < -0.4 is 5.32 Å². The monoisotopic (exact) mass is 326 g/mol. The summed E-state index contributed by atoms with van der Waals surface area (Å²) in [4.78, 5) is 14.3. The normalized spacial score (nSPS) is 35.1. The van der Waals surface area contributed by atoms with Gasteiger partial charge in [-0.1, -0.05) is 0 Å². The second-order valence-electron chi connectivity index (χ2n) is 8.25. The molecule has 2 saturated heterocycles. The molecule has 23 heavy (non-hydrogen) atoms. The van der Waals surface area contributed by atoms with Crippen LogP contribution in [0.3, 0.4) is 0 Å². The summed E-state index contributed by atoms with van der Waals surface area (Å²) in [6.45, 7) is 11.1. The van der Waals surface area contributed by atoms with Crippen molar-refractivity contribution in [3.63, 3.8) is 0 Å². The summed E-state index contributed by atoms with van der Waals surface area (Å²) >= 11 is 0. The predicted octanol–water partition coefficient (Wildman–Crippen LogP) is 1.78. The van der Waals surface area contributed by atoms with Crippen molar-refractivity contribution in [3.05, 3.63) is 0 Å². The zero-order valence-corrected chi connectivity index (χ0v) is 14.6. The third-order valence-corrected chi connectivity index (χ3v) is 4.87. The van der Waals surface area contributed by atoms with E-state index < -0.39 is 5.60 Å². The molecule has 0 aromatic rings. The summed E-state index contributed by atoms with van der Waals surface area (Å²) in [5.41, 5.74) is -0.491. The lowest BCUT2D eigenvalue weighted by atomic mass is 9.79. The van der Waals surface area contributed by atoms with Crippen molar-refractivity contribution < 1.29 is 19.0 Å². The number of rotatable bonds is 3. The van der Waals surface area contributed by atoms with Gasteiger partial charge in [-0.2, -0.15) is 0 Å². The fourth-order valence-corrected chi connectivity index (χ4v) is 3.75. The van der Waals surface area contributed by atoms with E-state index in [0.29, 0.717) is 5.92 Å². The molecule has 0 bridgehead atoms. The van der Waals surface area contributed by atoms with Crippen molar-refractivity contribution in [1.82, 2.24) is 10.2 Å². The van der Waals surface area contributed by atoms with Crippen LogP contribution in [0.5, 0.6) is 0 Å². The van der Waals surface area contributed by atoms with Crippen molar-refractivity contribution in [1.29, 1.82) is 0 Å². The van der Waals surface area contributed by atoms with Crippen LogP contribution in [0.2, 0.25) is 0 Å². The molecule has 0 radical (unpaired) electrons. The van der Waals surface area contributed by atoms with Crippen LogP contribution in [0.25, 0.3) is 0 Å². The molecule has 1 amide bonds. The third kappa shape index (κ3) is 4.58. The van der Waals surface area contributed by atoms with Gasteiger partial charge >= 0.3 is 6.09 Å². The molecular formula is C17H30N2O4. The van der Waals surface area contributed by atoms with E-state index in [1.54, 1.807) is 0 Å². The number of hydrogen-bond acceptors (Lipinski definition) is 5. The van der Waals surface area contributed by atoms with E-state index >= 15 is 0 Å². The van der Waals surface area contributed by atoms with Crippen LogP contribution in [0.1, 0.15) is 40.0 Å². The summed E-state index contributed by atoms with van der Waals surface area (Å²) in [5, 5.41) is 2.96. The van der Waals surface area contributed by atoms with E-state index in [4.69, 9.17) is 14.2 Å². The predicted molar refractivity (Wildman–Crippen MR) is 86.4 cm³/mol. The Hall–Kier alpha value is -0.850. The van der Waals surface area contributed by atoms with Gasteiger partial charge in [-0.25, -0.2) is 4.79 Å². The standard InChI is InChI=1S/C17H30N2O4/c1-16(2,3)23-15(20)18-14-8-13(9-14)10-19-5-7-22-17(11-19)4-6-21-12-17/h13-14H,4-12H2,1-3H3,(H,18,20). The lowest BCUT2D eigenvalue weighted by Crippen LogP contribution is -2.55. The highest BCUT2D eigenvalue weighted by Gasteiger charge is 2.41. The Bertz CT molecular complexity index is 423. The zero-order valence-electron chi connectivity index (χ0n) is 14.6. The molecule has 6 nitrogen and oxygen atoms in total. The average molecular weight is 326 g/mol. The SMILES string of the molecule is CC(C)(C)OC(=O)NC1CC(CN2CCOC3(CCOC3)C2)C1. The number of carbonyl (C=O) groups is 1. The summed E-state index contributed by atoms with van der Waals surface area (Å²) in [5.74, 6) is 0.660. The second-order valence-corrected chi connectivity index (χ2v) is 8.25. The Labute approximate surface area is 138 Å². The molecule has 1 atom stereocenters. The molecule has 0 aromatic heterocycles. The average Bonchev–Trinajstić information content (AvgIpc) is 2.82. The molecule has 2 heterocycles. The van der Waals surface area contributed by atoms with E-state index in [9.17, 15) is 4.79 Å². The Kier molecular flexibility index (Phi) is 4.85. The molecule has 6 heteroatoms. The summed E-state index contributed by atoms with van der Waals surface area (Å²) in [7, 11) is 0. The van der Waals surface area contributed by atoms with E-state index in [0.717, 1.165) is 58.7 Å². The first kappa shape index (κ1) is 17.0. The maximum Gasteiger partial charge on any atom is 0.407 e. The zero-order chi connectivity index (χ0) is 16.5. The lowest BCUT2D eigenvalue weighted by Gasteiger charge is -2.44. The number of carbonyl (C=O) groups excluding carboxylic acids is 1. The second kappa shape index (κ2) is 6.57. The van der Waals surface area contributed by atoms with E-state index in [2.05, 4.69) is 10.2 Å². The molecule has 1 spiro atoms. The van der Waals surface area contributed by atoms with Gasteiger partial charge in [0.25, 0.3) is 0 Å². The number of nitrogens with one attached hydrogen (secondary N) is 1. The maximum absolute atomic E-state index is 11.8.